The van der Waals surface area contributed by atoms with Crippen LogP contribution in [0.25, 0.3) is 33.3 Å². The van der Waals surface area contributed by atoms with Crippen LogP contribution in [0.3, 0.4) is 0 Å². The van der Waals surface area contributed by atoms with Crippen molar-refractivity contribution < 1.29 is 24.5 Å². The van der Waals surface area contributed by atoms with Gasteiger partial charge in [0, 0.05) is 36.4 Å². The van der Waals surface area contributed by atoms with Crippen LogP contribution in [-0.2, 0) is 11.3 Å². The molecular weight excluding hydrogens is 444 g/mol. The van der Waals surface area contributed by atoms with Crippen LogP contribution in [0.2, 0.25) is 0 Å². The lowest BCUT2D eigenvalue weighted by molar-refractivity contribution is 0.0815. The number of aliphatic hydroxyl groups is 2. The van der Waals surface area contributed by atoms with E-state index in [0.29, 0.717) is 47.5 Å². The topological polar surface area (TPSA) is 102 Å². The molecule has 0 radical (unpaired) electrons. The van der Waals surface area contributed by atoms with Gasteiger partial charge >= 0.3 is 0 Å². The summed E-state index contributed by atoms with van der Waals surface area (Å²) in [4.78, 5) is 22.0. The van der Waals surface area contributed by atoms with Gasteiger partial charge in [0.25, 0.3) is 0 Å². The van der Waals surface area contributed by atoms with Gasteiger partial charge in [-0.1, -0.05) is 48.5 Å². The first-order valence-electron chi connectivity index (χ1n) is 11.5. The van der Waals surface area contributed by atoms with Gasteiger partial charge in [-0.25, -0.2) is 4.98 Å². The van der Waals surface area contributed by atoms with Crippen LogP contribution in [0.15, 0.2) is 67.0 Å². The van der Waals surface area contributed by atoms with Gasteiger partial charge in [0.15, 0.2) is 11.5 Å². The predicted molar refractivity (Wildman–Crippen MR) is 134 cm³/mol. The van der Waals surface area contributed by atoms with E-state index in [9.17, 15) is 9.90 Å². The molecule has 2 aromatic carbocycles. The molecule has 2 N–H and O–H groups in total. The minimum atomic E-state index is -0.114. The number of pyridine rings is 2. The van der Waals surface area contributed by atoms with E-state index in [0.717, 1.165) is 22.3 Å². The van der Waals surface area contributed by atoms with E-state index in [1.165, 1.54) is 7.11 Å². The number of ether oxygens (including phenoxy) is 2. The summed E-state index contributed by atoms with van der Waals surface area (Å²) in [6.45, 7) is 0.736. The molecule has 4 aromatic rings. The van der Waals surface area contributed by atoms with Crippen LogP contribution in [0.4, 0.5) is 0 Å². The molecule has 0 aliphatic rings. The maximum Gasteiger partial charge on any atom is 0.167 e. The molecule has 7 heteroatoms. The van der Waals surface area contributed by atoms with Crippen molar-refractivity contribution in [3.8, 4) is 28.1 Å². The largest absolute Gasteiger partial charge is 0.494 e. The van der Waals surface area contributed by atoms with Crippen molar-refractivity contribution in [3.05, 3.63) is 78.1 Å². The Bertz CT molecular complexity index is 1290. The Balaban J connectivity index is 1.68. The van der Waals surface area contributed by atoms with Gasteiger partial charge < -0.3 is 19.7 Å². The van der Waals surface area contributed by atoms with Crippen LogP contribution < -0.4 is 4.74 Å². The lowest BCUT2D eigenvalue weighted by Crippen LogP contribution is -2.07. The third kappa shape index (κ3) is 5.54. The number of nitrogens with zero attached hydrogens (tertiary/aromatic N) is 2. The lowest BCUT2D eigenvalue weighted by atomic mass is 9.97. The molecule has 0 atom stereocenters. The molecule has 0 spiro atoms. The van der Waals surface area contributed by atoms with Crippen molar-refractivity contribution in [2.45, 2.75) is 19.4 Å². The number of benzene rings is 2. The molecule has 35 heavy (non-hydrogen) atoms. The second-order valence-corrected chi connectivity index (χ2v) is 8.06. The normalized spacial score (nSPS) is 11.1. The van der Waals surface area contributed by atoms with E-state index in [1.54, 1.807) is 18.5 Å². The number of carbonyl (C=O) groups is 1. The lowest BCUT2D eigenvalue weighted by Gasteiger charge is -2.15. The number of Topliss-reactive ketones (excluding diaryl/α,β-unsaturated/α-hetero) is 1. The SMILES string of the molecule is COc1c(-c2ccc(-c3ccc(COCCO)cc3)cc2)nc2ccncc2c1C(=O)CCCO. The summed E-state index contributed by atoms with van der Waals surface area (Å²) >= 11 is 0. The number of aliphatic hydroxyl groups excluding tert-OH is 2. The number of fused-ring (bicyclic) bond motifs is 1. The first-order chi connectivity index (χ1) is 17.2. The van der Waals surface area contributed by atoms with Gasteiger partial charge in [-0.2, -0.15) is 0 Å². The summed E-state index contributed by atoms with van der Waals surface area (Å²) in [5.74, 6) is 0.297. The third-order valence-corrected chi connectivity index (χ3v) is 5.74. The second kappa shape index (κ2) is 11.7. The molecule has 0 amide bonds. The molecule has 0 aliphatic heterocycles. The first kappa shape index (κ1) is 24.5. The zero-order chi connectivity index (χ0) is 24.6. The van der Waals surface area contributed by atoms with E-state index in [-0.39, 0.29) is 25.4 Å². The third-order valence-electron chi connectivity index (χ3n) is 5.74. The van der Waals surface area contributed by atoms with Crippen molar-refractivity contribution in [1.29, 1.82) is 0 Å². The number of hydrogen-bond acceptors (Lipinski definition) is 7. The van der Waals surface area contributed by atoms with E-state index >= 15 is 0 Å². The molecule has 180 valence electrons. The van der Waals surface area contributed by atoms with Crippen molar-refractivity contribution in [2.75, 3.05) is 26.9 Å². The summed E-state index contributed by atoms with van der Waals surface area (Å²) in [5, 5.41) is 18.7. The van der Waals surface area contributed by atoms with Crippen molar-refractivity contribution in [2.24, 2.45) is 0 Å². The van der Waals surface area contributed by atoms with Gasteiger partial charge in [-0.15, -0.1) is 0 Å². The number of carbonyl (C=O) groups excluding carboxylic acids is 1. The van der Waals surface area contributed by atoms with E-state index in [4.69, 9.17) is 19.6 Å². The van der Waals surface area contributed by atoms with E-state index in [2.05, 4.69) is 4.98 Å². The highest BCUT2D eigenvalue weighted by Gasteiger charge is 2.22. The molecule has 2 heterocycles. The van der Waals surface area contributed by atoms with Crippen molar-refractivity contribution >= 4 is 16.7 Å². The highest BCUT2D eigenvalue weighted by molar-refractivity contribution is 6.11. The zero-order valence-electron chi connectivity index (χ0n) is 19.6. The number of methoxy groups -OCH3 is 1. The van der Waals surface area contributed by atoms with Gasteiger partial charge in [0.2, 0.25) is 0 Å². The van der Waals surface area contributed by atoms with Gasteiger partial charge in [-0.3, -0.25) is 9.78 Å². The maximum absolute atomic E-state index is 13.1. The molecule has 7 nitrogen and oxygen atoms in total. The monoisotopic (exact) mass is 472 g/mol. The Morgan fingerprint density at radius 3 is 2.26 bits per heavy atom. The zero-order valence-corrected chi connectivity index (χ0v) is 19.6. The minimum absolute atomic E-state index is 0.0104. The first-order valence-corrected chi connectivity index (χ1v) is 11.5. The number of hydrogen-bond donors (Lipinski definition) is 2. The van der Waals surface area contributed by atoms with Gasteiger partial charge in [-0.05, 0) is 29.2 Å². The summed E-state index contributed by atoms with van der Waals surface area (Å²) in [6.07, 6.45) is 3.86. The molecule has 0 fully saturated rings. The summed E-state index contributed by atoms with van der Waals surface area (Å²) in [6, 6.07) is 17.8. The van der Waals surface area contributed by atoms with Crippen LogP contribution in [0, 0.1) is 0 Å². The molecule has 0 saturated carbocycles. The fourth-order valence-corrected chi connectivity index (χ4v) is 3.99. The summed E-state index contributed by atoms with van der Waals surface area (Å²) in [7, 11) is 1.53. The predicted octanol–water partition coefficient (Wildman–Crippen LogP) is 4.44. The molecule has 2 aromatic heterocycles. The highest BCUT2D eigenvalue weighted by Crippen LogP contribution is 2.37. The smallest absolute Gasteiger partial charge is 0.167 e. The van der Waals surface area contributed by atoms with Crippen LogP contribution in [0.1, 0.15) is 28.8 Å². The fourth-order valence-electron chi connectivity index (χ4n) is 3.99. The highest BCUT2D eigenvalue weighted by atomic mass is 16.5. The van der Waals surface area contributed by atoms with E-state index < -0.39 is 0 Å². The molecule has 0 aliphatic carbocycles. The van der Waals surface area contributed by atoms with Crippen molar-refractivity contribution in [3.63, 3.8) is 0 Å². The molecular formula is C28H28N2O5. The Hall–Kier alpha value is -3.65. The summed E-state index contributed by atoms with van der Waals surface area (Å²) in [5.41, 5.74) is 5.66. The van der Waals surface area contributed by atoms with Crippen LogP contribution in [0.5, 0.6) is 5.75 Å². The Morgan fingerprint density at radius 1 is 0.914 bits per heavy atom. The van der Waals surface area contributed by atoms with Crippen molar-refractivity contribution in [1.82, 2.24) is 9.97 Å². The number of aromatic nitrogens is 2. The quantitative estimate of drug-likeness (QED) is 0.246. The standard InChI is InChI=1S/C28H28N2O5/c1-34-28-26(25(33)3-2-14-31)23-17-29-13-12-24(23)30-27(28)22-10-8-21(9-11-22)20-6-4-19(5-7-20)18-35-16-15-32/h4-13,17,31-32H,2-3,14-16,18H2,1H3. The number of ketones is 1. The molecule has 0 saturated heterocycles. The average Bonchev–Trinajstić information content (AvgIpc) is 2.91. The Labute approximate surface area is 204 Å². The minimum Gasteiger partial charge on any atom is -0.494 e. The number of rotatable bonds is 11. The van der Waals surface area contributed by atoms with Crippen LogP contribution in [-0.4, -0.2) is 52.9 Å². The second-order valence-electron chi connectivity index (χ2n) is 8.06. The summed E-state index contributed by atoms with van der Waals surface area (Å²) < 4.78 is 11.1. The van der Waals surface area contributed by atoms with Gasteiger partial charge in [0.1, 0.15) is 5.69 Å². The maximum atomic E-state index is 13.1. The molecule has 0 bridgehead atoms. The van der Waals surface area contributed by atoms with Crippen LogP contribution >= 0.6 is 0 Å². The Morgan fingerprint density at radius 2 is 1.60 bits per heavy atom. The Kier molecular flexibility index (Phi) is 8.15. The fraction of sp³-hybridized carbons (Fsp3) is 0.250. The van der Waals surface area contributed by atoms with E-state index in [1.807, 2.05) is 48.5 Å². The van der Waals surface area contributed by atoms with Gasteiger partial charge in [0.05, 0.1) is 38.0 Å². The molecule has 0 unspecified atom stereocenters. The molecule has 4 rings (SSSR count). The average molecular weight is 473 g/mol.